The van der Waals surface area contributed by atoms with E-state index in [4.69, 9.17) is 4.74 Å². The molecule has 90 valence electrons. The molecule has 2 rings (SSSR count). The van der Waals surface area contributed by atoms with E-state index in [1.54, 1.807) is 0 Å². The third-order valence-electron chi connectivity index (χ3n) is 3.10. The second kappa shape index (κ2) is 5.46. The highest BCUT2D eigenvalue weighted by Gasteiger charge is 2.15. The lowest BCUT2D eigenvalue weighted by atomic mass is 10.1. The van der Waals surface area contributed by atoms with Gasteiger partial charge in [-0.05, 0) is 18.8 Å². The van der Waals surface area contributed by atoms with Crippen LogP contribution in [0.25, 0.3) is 0 Å². The van der Waals surface area contributed by atoms with Crippen molar-refractivity contribution in [2.45, 2.75) is 26.3 Å². The lowest BCUT2D eigenvalue weighted by Crippen LogP contribution is -2.22. The first-order valence-electron chi connectivity index (χ1n) is 6.09. The fourth-order valence-electron chi connectivity index (χ4n) is 2.18. The molecule has 0 radical (unpaired) electrons. The fraction of sp³-hybridized carbons (Fsp3) is 0.750. The molecule has 1 atom stereocenters. The molecule has 1 aliphatic rings. The van der Waals surface area contributed by atoms with E-state index in [9.17, 15) is 0 Å². The van der Waals surface area contributed by atoms with Crippen molar-refractivity contribution in [1.82, 2.24) is 15.1 Å². The summed E-state index contributed by atoms with van der Waals surface area (Å²) in [4.78, 5) is 0. The van der Waals surface area contributed by atoms with E-state index < -0.39 is 0 Å². The third-order valence-corrected chi connectivity index (χ3v) is 3.10. The van der Waals surface area contributed by atoms with Crippen LogP contribution in [-0.4, -0.2) is 29.5 Å². The maximum absolute atomic E-state index is 5.35. The summed E-state index contributed by atoms with van der Waals surface area (Å²) < 4.78 is 7.25. The average molecular weight is 223 g/mol. The molecule has 1 aliphatic heterocycles. The van der Waals surface area contributed by atoms with Gasteiger partial charge in [0.1, 0.15) is 0 Å². The normalized spacial score (nSPS) is 20.5. The molecule has 0 bridgehead atoms. The molecule has 0 amide bonds. The Balaban J connectivity index is 1.79. The van der Waals surface area contributed by atoms with Crippen molar-refractivity contribution in [2.75, 3.05) is 19.8 Å². The SMILES string of the molecule is CCc1nn(C)cc1CNCC1CCOC1. The van der Waals surface area contributed by atoms with Gasteiger partial charge in [-0.15, -0.1) is 0 Å². The molecule has 1 fully saturated rings. The summed E-state index contributed by atoms with van der Waals surface area (Å²) in [6, 6.07) is 0. The van der Waals surface area contributed by atoms with Gasteiger partial charge in [0.15, 0.2) is 0 Å². The molecule has 1 aromatic rings. The van der Waals surface area contributed by atoms with E-state index in [-0.39, 0.29) is 0 Å². The van der Waals surface area contributed by atoms with Crippen LogP contribution in [0.3, 0.4) is 0 Å². The van der Waals surface area contributed by atoms with Crippen molar-refractivity contribution in [3.05, 3.63) is 17.5 Å². The van der Waals surface area contributed by atoms with Gasteiger partial charge in [0.05, 0.1) is 12.3 Å². The first-order chi connectivity index (χ1) is 7.79. The Morgan fingerprint density at radius 2 is 2.50 bits per heavy atom. The molecular formula is C12H21N3O. The van der Waals surface area contributed by atoms with Crippen LogP contribution >= 0.6 is 0 Å². The summed E-state index contributed by atoms with van der Waals surface area (Å²) in [5, 5.41) is 7.93. The molecule has 0 aromatic carbocycles. The number of nitrogens with zero attached hydrogens (tertiary/aromatic N) is 2. The number of ether oxygens (including phenoxy) is 1. The molecule has 4 nitrogen and oxygen atoms in total. The minimum Gasteiger partial charge on any atom is -0.381 e. The van der Waals surface area contributed by atoms with Gasteiger partial charge in [-0.3, -0.25) is 4.68 Å². The van der Waals surface area contributed by atoms with Gasteiger partial charge in [-0.25, -0.2) is 0 Å². The van der Waals surface area contributed by atoms with E-state index in [2.05, 4.69) is 23.5 Å². The molecule has 2 heterocycles. The predicted octanol–water partition coefficient (Wildman–Crippen LogP) is 1.11. The summed E-state index contributed by atoms with van der Waals surface area (Å²) in [7, 11) is 1.98. The highest BCUT2D eigenvalue weighted by Crippen LogP contribution is 2.11. The van der Waals surface area contributed by atoms with Crippen LogP contribution in [0.1, 0.15) is 24.6 Å². The van der Waals surface area contributed by atoms with Crippen molar-refractivity contribution in [2.24, 2.45) is 13.0 Å². The maximum Gasteiger partial charge on any atom is 0.0666 e. The Morgan fingerprint density at radius 3 is 3.19 bits per heavy atom. The minimum absolute atomic E-state index is 0.696. The summed E-state index contributed by atoms with van der Waals surface area (Å²) >= 11 is 0. The third kappa shape index (κ3) is 2.83. The average Bonchev–Trinajstić information content (AvgIpc) is 2.88. The number of hydrogen-bond acceptors (Lipinski definition) is 3. The van der Waals surface area contributed by atoms with Gasteiger partial charge in [0.2, 0.25) is 0 Å². The molecule has 16 heavy (non-hydrogen) atoms. The predicted molar refractivity (Wildman–Crippen MR) is 63.2 cm³/mol. The van der Waals surface area contributed by atoms with Gasteiger partial charge in [0.25, 0.3) is 0 Å². The number of rotatable bonds is 5. The fourth-order valence-corrected chi connectivity index (χ4v) is 2.18. The zero-order valence-corrected chi connectivity index (χ0v) is 10.2. The van der Waals surface area contributed by atoms with Gasteiger partial charge >= 0.3 is 0 Å². The lowest BCUT2D eigenvalue weighted by Gasteiger charge is -2.08. The van der Waals surface area contributed by atoms with Crippen LogP contribution in [0.5, 0.6) is 0 Å². The Kier molecular flexibility index (Phi) is 3.96. The summed E-state index contributed by atoms with van der Waals surface area (Å²) in [5.41, 5.74) is 2.53. The molecule has 4 heteroatoms. The van der Waals surface area contributed by atoms with Crippen molar-refractivity contribution >= 4 is 0 Å². The first-order valence-corrected chi connectivity index (χ1v) is 6.09. The topological polar surface area (TPSA) is 39.1 Å². The Morgan fingerprint density at radius 1 is 1.62 bits per heavy atom. The maximum atomic E-state index is 5.35. The Hall–Kier alpha value is -0.870. The van der Waals surface area contributed by atoms with Crippen LogP contribution in [0.15, 0.2) is 6.20 Å². The van der Waals surface area contributed by atoms with Crippen molar-refractivity contribution in [1.29, 1.82) is 0 Å². The molecule has 1 aromatic heterocycles. The van der Waals surface area contributed by atoms with Crippen molar-refractivity contribution < 1.29 is 4.74 Å². The smallest absolute Gasteiger partial charge is 0.0666 e. The zero-order valence-electron chi connectivity index (χ0n) is 10.2. The van der Waals surface area contributed by atoms with Crippen molar-refractivity contribution in [3.8, 4) is 0 Å². The van der Waals surface area contributed by atoms with Gasteiger partial charge in [-0.1, -0.05) is 6.92 Å². The quantitative estimate of drug-likeness (QED) is 0.812. The standard InChI is InChI=1S/C12H21N3O/c1-3-12-11(8-15(2)14-12)7-13-6-10-4-5-16-9-10/h8,10,13H,3-7,9H2,1-2H3. The van der Waals surface area contributed by atoms with Crippen LogP contribution in [0.4, 0.5) is 0 Å². The van der Waals surface area contributed by atoms with Gasteiger partial charge in [-0.2, -0.15) is 5.10 Å². The van der Waals surface area contributed by atoms with E-state index >= 15 is 0 Å². The molecule has 1 unspecified atom stereocenters. The monoisotopic (exact) mass is 223 g/mol. The highest BCUT2D eigenvalue weighted by atomic mass is 16.5. The molecular weight excluding hydrogens is 202 g/mol. The van der Waals surface area contributed by atoms with Gasteiger partial charge in [0, 0.05) is 38.5 Å². The molecule has 0 spiro atoms. The van der Waals surface area contributed by atoms with E-state index in [1.165, 1.54) is 17.7 Å². The van der Waals surface area contributed by atoms with Crippen molar-refractivity contribution in [3.63, 3.8) is 0 Å². The summed E-state index contributed by atoms with van der Waals surface area (Å²) in [6.45, 7) is 5.97. The second-order valence-electron chi connectivity index (χ2n) is 4.49. The van der Waals surface area contributed by atoms with E-state index in [0.717, 1.165) is 32.7 Å². The van der Waals surface area contributed by atoms with Crippen LogP contribution in [0, 0.1) is 5.92 Å². The zero-order chi connectivity index (χ0) is 11.4. The minimum atomic E-state index is 0.696. The molecule has 1 saturated heterocycles. The molecule has 0 saturated carbocycles. The van der Waals surface area contributed by atoms with Crippen LogP contribution < -0.4 is 5.32 Å². The summed E-state index contributed by atoms with van der Waals surface area (Å²) in [6.07, 6.45) is 4.31. The number of aromatic nitrogens is 2. The highest BCUT2D eigenvalue weighted by molar-refractivity contribution is 5.16. The van der Waals surface area contributed by atoms with Gasteiger partial charge < -0.3 is 10.1 Å². The Bertz CT molecular complexity index is 329. The Labute approximate surface area is 97.0 Å². The summed E-state index contributed by atoms with van der Waals surface area (Å²) in [5.74, 6) is 0.696. The van der Waals surface area contributed by atoms with Crippen LogP contribution in [-0.2, 0) is 24.8 Å². The first kappa shape index (κ1) is 11.6. The molecule has 0 aliphatic carbocycles. The largest absolute Gasteiger partial charge is 0.381 e. The molecule has 1 N–H and O–H groups in total. The number of nitrogens with one attached hydrogen (secondary N) is 1. The number of aryl methyl sites for hydroxylation is 2. The van der Waals surface area contributed by atoms with E-state index in [0.29, 0.717) is 5.92 Å². The van der Waals surface area contributed by atoms with Crippen LogP contribution in [0.2, 0.25) is 0 Å². The van der Waals surface area contributed by atoms with E-state index in [1.807, 2.05) is 11.7 Å². The lowest BCUT2D eigenvalue weighted by molar-refractivity contribution is 0.185. The number of hydrogen-bond donors (Lipinski definition) is 1. The second-order valence-corrected chi connectivity index (χ2v) is 4.49.